The Bertz CT molecular complexity index is 903. The summed E-state index contributed by atoms with van der Waals surface area (Å²) in [5, 5.41) is 13.4. The molecule has 128 valence electrons. The number of nitrogens with two attached hydrogens (primary N) is 1. The van der Waals surface area contributed by atoms with Crippen molar-refractivity contribution >= 4 is 34.9 Å². The lowest BCUT2D eigenvalue weighted by atomic mass is 10.1. The van der Waals surface area contributed by atoms with E-state index in [4.69, 9.17) is 10.8 Å². The monoisotopic (exact) mass is 360 g/mol. The van der Waals surface area contributed by atoms with E-state index >= 15 is 0 Å². The molecular formula is C16H13FN4O3S. The van der Waals surface area contributed by atoms with Crippen molar-refractivity contribution < 1.29 is 19.1 Å². The van der Waals surface area contributed by atoms with Crippen LogP contribution in [-0.2, 0) is 16.1 Å². The number of benzene rings is 1. The molecule has 0 fully saturated rings. The highest BCUT2D eigenvalue weighted by molar-refractivity contribution is 8.18. The molecule has 0 spiro atoms. The largest absolute Gasteiger partial charge is 0.481 e. The van der Waals surface area contributed by atoms with Crippen LogP contribution in [0.4, 0.5) is 4.39 Å². The first-order valence-electron chi connectivity index (χ1n) is 7.25. The Morgan fingerprint density at radius 2 is 2.08 bits per heavy atom. The normalized spacial score (nSPS) is 15.6. The van der Waals surface area contributed by atoms with Crippen LogP contribution in [0.3, 0.4) is 0 Å². The van der Waals surface area contributed by atoms with Crippen LogP contribution in [0.2, 0.25) is 0 Å². The van der Waals surface area contributed by atoms with Crippen LogP contribution in [0, 0.1) is 5.82 Å². The van der Waals surface area contributed by atoms with E-state index < -0.39 is 11.9 Å². The SMILES string of the molecule is NC1=NC(=O)/C(=C\c2cn(CCC(=O)O)nc2-c2ccc(F)cc2)S1. The molecule has 1 aromatic carbocycles. The number of aliphatic carboxylic acids is 1. The van der Waals surface area contributed by atoms with E-state index in [1.165, 1.54) is 16.8 Å². The highest BCUT2D eigenvalue weighted by Crippen LogP contribution is 2.30. The Morgan fingerprint density at radius 1 is 1.36 bits per heavy atom. The molecule has 9 heteroatoms. The quantitative estimate of drug-likeness (QED) is 0.790. The molecule has 0 atom stereocenters. The molecule has 7 nitrogen and oxygen atoms in total. The first-order valence-corrected chi connectivity index (χ1v) is 8.07. The van der Waals surface area contributed by atoms with Crippen LogP contribution >= 0.6 is 11.8 Å². The molecular weight excluding hydrogens is 347 g/mol. The highest BCUT2D eigenvalue weighted by atomic mass is 32.2. The number of aryl methyl sites for hydroxylation is 1. The summed E-state index contributed by atoms with van der Waals surface area (Å²) in [6.07, 6.45) is 3.14. The van der Waals surface area contributed by atoms with Crippen molar-refractivity contribution in [3.63, 3.8) is 0 Å². The van der Waals surface area contributed by atoms with Gasteiger partial charge in [-0.15, -0.1) is 0 Å². The van der Waals surface area contributed by atoms with Gasteiger partial charge in [0.1, 0.15) is 5.82 Å². The number of rotatable bonds is 5. The lowest BCUT2D eigenvalue weighted by Gasteiger charge is -2.00. The minimum absolute atomic E-state index is 0.0930. The number of carboxylic acids is 1. The summed E-state index contributed by atoms with van der Waals surface area (Å²) >= 11 is 1.05. The van der Waals surface area contributed by atoms with Crippen molar-refractivity contribution in [2.45, 2.75) is 13.0 Å². The standard InChI is InChI=1S/C16H13FN4O3S/c17-11-3-1-9(2-4-11)14-10(7-12-15(24)19-16(18)25-12)8-21(20-14)6-5-13(22)23/h1-4,7-8H,5-6H2,(H,22,23)(H2,18,19,24)/b12-7+. The maximum atomic E-state index is 13.2. The zero-order valence-corrected chi connectivity index (χ0v) is 13.7. The third kappa shape index (κ3) is 3.94. The van der Waals surface area contributed by atoms with Gasteiger partial charge in [-0.1, -0.05) is 0 Å². The first kappa shape index (κ1) is 16.9. The van der Waals surface area contributed by atoms with Gasteiger partial charge in [0, 0.05) is 17.3 Å². The number of carbonyl (C=O) groups is 2. The second-order valence-corrected chi connectivity index (χ2v) is 6.27. The topological polar surface area (TPSA) is 111 Å². The van der Waals surface area contributed by atoms with E-state index in [2.05, 4.69) is 10.1 Å². The number of halogens is 1. The van der Waals surface area contributed by atoms with E-state index in [1.54, 1.807) is 24.4 Å². The zero-order chi connectivity index (χ0) is 18.0. The lowest BCUT2D eigenvalue weighted by molar-refractivity contribution is -0.137. The van der Waals surface area contributed by atoms with Crippen molar-refractivity contribution in [3.05, 3.63) is 46.7 Å². The molecule has 0 saturated carbocycles. The third-order valence-electron chi connectivity index (χ3n) is 3.39. The summed E-state index contributed by atoms with van der Waals surface area (Å²) in [6.45, 7) is 0.173. The summed E-state index contributed by atoms with van der Waals surface area (Å²) in [5.74, 6) is -1.76. The highest BCUT2D eigenvalue weighted by Gasteiger charge is 2.21. The molecule has 25 heavy (non-hydrogen) atoms. The van der Waals surface area contributed by atoms with Crippen LogP contribution in [0.1, 0.15) is 12.0 Å². The van der Waals surface area contributed by atoms with Gasteiger partial charge < -0.3 is 10.8 Å². The minimum atomic E-state index is -0.943. The summed E-state index contributed by atoms with van der Waals surface area (Å²) in [6, 6.07) is 5.74. The molecule has 2 aromatic rings. The van der Waals surface area contributed by atoms with E-state index in [-0.39, 0.29) is 24.0 Å². The summed E-state index contributed by atoms with van der Waals surface area (Å²) in [5.41, 5.74) is 7.30. The van der Waals surface area contributed by atoms with Gasteiger partial charge in [0.05, 0.1) is 23.6 Å². The number of thioether (sulfide) groups is 1. The van der Waals surface area contributed by atoms with Gasteiger partial charge in [0.25, 0.3) is 5.91 Å². The second-order valence-electron chi connectivity index (χ2n) is 5.21. The van der Waals surface area contributed by atoms with Gasteiger partial charge in [0.2, 0.25) is 0 Å². The lowest BCUT2D eigenvalue weighted by Crippen LogP contribution is -2.04. The number of hydrogen-bond donors (Lipinski definition) is 2. The van der Waals surface area contributed by atoms with Gasteiger partial charge in [-0.25, -0.2) is 4.39 Å². The van der Waals surface area contributed by atoms with Crippen LogP contribution < -0.4 is 5.73 Å². The Balaban J connectivity index is 1.99. The second kappa shape index (κ2) is 6.89. The maximum Gasteiger partial charge on any atom is 0.305 e. The van der Waals surface area contributed by atoms with Crippen molar-refractivity contribution in [2.75, 3.05) is 0 Å². The predicted molar refractivity (Wildman–Crippen MR) is 92.1 cm³/mol. The Kier molecular flexibility index (Phi) is 4.66. The van der Waals surface area contributed by atoms with Gasteiger partial charge in [-0.05, 0) is 42.1 Å². The molecule has 0 saturated heterocycles. The fourth-order valence-corrected chi connectivity index (χ4v) is 2.94. The van der Waals surface area contributed by atoms with Gasteiger partial charge in [0.15, 0.2) is 5.17 Å². The van der Waals surface area contributed by atoms with E-state index in [9.17, 15) is 14.0 Å². The Hall–Kier alpha value is -2.94. The number of amidine groups is 1. The number of amides is 1. The van der Waals surface area contributed by atoms with Gasteiger partial charge >= 0.3 is 5.97 Å². The van der Waals surface area contributed by atoms with E-state index in [0.717, 1.165) is 11.8 Å². The fraction of sp³-hybridized carbons (Fsp3) is 0.125. The van der Waals surface area contributed by atoms with Crippen LogP contribution in [0.5, 0.6) is 0 Å². The molecule has 0 unspecified atom stereocenters. The molecule has 2 heterocycles. The third-order valence-corrected chi connectivity index (χ3v) is 4.20. The molecule has 0 radical (unpaired) electrons. The van der Waals surface area contributed by atoms with Crippen LogP contribution in [0.15, 0.2) is 40.4 Å². The van der Waals surface area contributed by atoms with Crippen molar-refractivity contribution in [1.29, 1.82) is 0 Å². The number of carboxylic acid groups (broad SMARTS) is 1. The molecule has 0 aliphatic carbocycles. The summed E-state index contributed by atoms with van der Waals surface area (Å²) < 4.78 is 14.6. The molecule has 3 N–H and O–H groups in total. The Morgan fingerprint density at radius 3 is 2.68 bits per heavy atom. The van der Waals surface area contributed by atoms with E-state index in [0.29, 0.717) is 21.7 Å². The number of hydrogen-bond acceptors (Lipinski definition) is 5. The smallest absolute Gasteiger partial charge is 0.305 e. The fourth-order valence-electron chi connectivity index (χ4n) is 2.27. The van der Waals surface area contributed by atoms with E-state index in [1.807, 2.05) is 0 Å². The van der Waals surface area contributed by atoms with Crippen molar-refractivity contribution in [2.24, 2.45) is 10.7 Å². The van der Waals surface area contributed by atoms with Gasteiger partial charge in [-0.3, -0.25) is 14.3 Å². The summed E-state index contributed by atoms with van der Waals surface area (Å²) in [4.78, 5) is 26.5. The number of nitrogens with zero attached hydrogens (tertiary/aromatic N) is 3. The molecule has 1 aliphatic rings. The number of aliphatic imine (C=N–C) groups is 1. The predicted octanol–water partition coefficient (Wildman–Crippen LogP) is 2.09. The molecule has 1 amide bonds. The number of aromatic nitrogens is 2. The van der Waals surface area contributed by atoms with Crippen molar-refractivity contribution in [1.82, 2.24) is 9.78 Å². The zero-order valence-electron chi connectivity index (χ0n) is 12.8. The molecule has 1 aliphatic heterocycles. The average molecular weight is 360 g/mol. The maximum absolute atomic E-state index is 13.2. The molecule has 3 rings (SSSR count). The van der Waals surface area contributed by atoms with Crippen molar-refractivity contribution in [3.8, 4) is 11.3 Å². The Labute approximate surface area is 146 Å². The average Bonchev–Trinajstić information content (AvgIpc) is 3.09. The van der Waals surface area contributed by atoms with Crippen LogP contribution in [-0.4, -0.2) is 31.9 Å². The molecule has 1 aromatic heterocycles. The summed E-state index contributed by atoms with van der Waals surface area (Å²) in [7, 11) is 0. The minimum Gasteiger partial charge on any atom is -0.481 e. The number of carbonyl (C=O) groups excluding carboxylic acids is 1. The molecule has 0 bridgehead atoms. The van der Waals surface area contributed by atoms with Crippen LogP contribution in [0.25, 0.3) is 17.3 Å². The first-order chi connectivity index (χ1) is 11.9. The van der Waals surface area contributed by atoms with Gasteiger partial charge in [-0.2, -0.15) is 10.1 Å².